The van der Waals surface area contributed by atoms with Gasteiger partial charge in [-0.25, -0.2) is 4.99 Å². The number of aliphatic imine (C=N–C) groups is 1. The van der Waals surface area contributed by atoms with Gasteiger partial charge in [0.1, 0.15) is 17.0 Å². The van der Waals surface area contributed by atoms with Crippen molar-refractivity contribution >= 4 is 17.6 Å². The van der Waals surface area contributed by atoms with E-state index in [0.717, 1.165) is 24.5 Å². The molecule has 0 spiro atoms. The summed E-state index contributed by atoms with van der Waals surface area (Å²) in [6, 6.07) is 10.6. The molecule has 1 saturated heterocycles. The summed E-state index contributed by atoms with van der Waals surface area (Å²) in [5.74, 6) is 0.491. The highest BCUT2D eigenvalue weighted by molar-refractivity contribution is 6.01. The highest BCUT2D eigenvalue weighted by atomic mass is 19.4. The summed E-state index contributed by atoms with van der Waals surface area (Å²) < 4.78 is 41.7. The van der Waals surface area contributed by atoms with Crippen LogP contribution in [0.4, 0.5) is 13.2 Å². The van der Waals surface area contributed by atoms with Crippen molar-refractivity contribution in [2.24, 2.45) is 10.9 Å². The van der Waals surface area contributed by atoms with Gasteiger partial charge in [0, 0.05) is 44.5 Å². The lowest BCUT2D eigenvalue weighted by Gasteiger charge is -2.37. The second-order valence-corrected chi connectivity index (χ2v) is 10.0. The van der Waals surface area contributed by atoms with Crippen LogP contribution in [0.2, 0.25) is 0 Å². The average molecular weight is 530 g/mol. The Morgan fingerprint density at radius 3 is 2.42 bits per heavy atom. The monoisotopic (exact) mass is 529 g/mol. The van der Waals surface area contributed by atoms with E-state index in [1.807, 2.05) is 23.1 Å². The highest BCUT2D eigenvalue weighted by Crippen LogP contribution is 2.41. The molecule has 8 nitrogen and oxygen atoms in total. The Morgan fingerprint density at radius 1 is 1.05 bits per heavy atom. The molecule has 1 N–H and O–H groups in total. The van der Waals surface area contributed by atoms with Crippen LogP contribution < -0.4 is 10.1 Å². The Hall–Kier alpha value is -3.63. The van der Waals surface area contributed by atoms with Crippen molar-refractivity contribution in [2.75, 3.05) is 32.7 Å². The van der Waals surface area contributed by atoms with E-state index in [9.17, 15) is 22.8 Å². The van der Waals surface area contributed by atoms with Crippen LogP contribution in [-0.2, 0) is 4.79 Å². The van der Waals surface area contributed by atoms with E-state index in [-0.39, 0.29) is 17.4 Å². The SMILES string of the molecule is O=C(c1cccc(OC(F)(F)F)c1)N1CCN(C(=NC2(C(=O)NCCC3CC3)CC2)c2ccccn2)CC1. The number of carbonyl (C=O) groups is 2. The number of amidine groups is 1. The number of hydrogen-bond donors (Lipinski definition) is 1. The van der Waals surface area contributed by atoms with Crippen LogP contribution in [0.5, 0.6) is 5.75 Å². The second kappa shape index (κ2) is 10.6. The lowest BCUT2D eigenvalue weighted by Crippen LogP contribution is -2.51. The van der Waals surface area contributed by atoms with Crippen LogP contribution in [0.1, 0.15) is 48.2 Å². The molecule has 5 rings (SSSR count). The minimum atomic E-state index is -4.83. The zero-order valence-corrected chi connectivity index (χ0v) is 20.9. The quantitative estimate of drug-likeness (QED) is 0.417. The van der Waals surface area contributed by atoms with Crippen LogP contribution in [0.25, 0.3) is 0 Å². The van der Waals surface area contributed by atoms with Crippen LogP contribution in [0, 0.1) is 5.92 Å². The third-order valence-corrected chi connectivity index (χ3v) is 7.08. The molecule has 1 aliphatic heterocycles. The van der Waals surface area contributed by atoms with E-state index in [1.165, 1.54) is 25.0 Å². The van der Waals surface area contributed by atoms with E-state index in [2.05, 4.69) is 15.0 Å². The Morgan fingerprint density at radius 2 is 1.79 bits per heavy atom. The van der Waals surface area contributed by atoms with E-state index < -0.39 is 17.7 Å². The number of aromatic nitrogens is 1. The summed E-state index contributed by atoms with van der Waals surface area (Å²) in [5.41, 5.74) is -0.0117. The minimum Gasteiger partial charge on any atom is -0.406 e. The number of rotatable bonds is 8. The molecule has 2 saturated carbocycles. The van der Waals surface area contributed by atoms with E-state index >= 15 is 0 Å². The maximum Gasteiger partial charge on any atom is 0.573 e. The number of hydrogen-bond acceptors (Lipinski definition) is 5. The van der Waals surface area contributed by atoms with Crippen molar-refractivity contribution in [3.8, 4) is 5.75 Å². The maximum absolute atomic E-state index is 13.0. The molecule has 0 unspecified atom stereocenters. The average Bonchev–Trinajstić information content (AvgIpc) is 3.83. The van der Waals surface area contributed by atoms with Crippen molar-refractivity contribution in [1.29, 1.82) is 0 Å². The van der Waals surface area contributed by atoms with Gasteiger partial charge in [0.25, 0.3) is 5.91 Å². The van der Waals surface area contributed by atoms with E-state index in [4.69, 9.17) is 4.99 Å². The first-order chi connectivity index (χ1) is 18.2. The molecular formula is C27H30F3N5O3. The third kappa shape index (κ3) is 6.43. The van der Waals surface area contributed by atoms with Gasteiger partial charge in [-0.15, -0.1) is 13.2 Å². The summed E-state index contributed by atoms with van der Waals surface area (Å²) in [6.45, 7) is 2.24. The van der Waals surface area contributed by atoms with E-state index in [0.29, 0.717) is 57.1 Å². The van der Waals surface area contributed by atoms with Gasteiger partial charge in [-0.1, -0.05) is 25.0 Å². The molecule has 2 aromatic rings. The summed E-state index contributed by atoms with van der Waals surface area (Å²) >= 11 is 0. The smallest absolute Gasteiger partial charge is 0.406 e. The predicted molar refractivity (Wildman–Crippen MR) is 134 cm³/mol. The largest absolute Gasteiger partial charge is 0.573 e. The first kappa shape index (κ1) is 26.0. The van der Waals surface area contributed by atoms with Gasteiger partial charge in [-0.2, -0.15) is 0 Å². The second-order valence-electron chi connectivity index (χ2n) is 10.0. The Balaban J connectivity index is 1.27. The summed E-state index contributed by atoms with van der Waals surface area (Å²) in [4.78, 5) is 39.0. The number of alkyl halides is 3. The van der Waals surface area contributed by atoms with Gasteiger partial charge < -0.3 is 19.9 Å². The minimum absolute atomic E-state index is 0.0543. The molecule has 3 aliphatic rings. The van der Waals surface area contributed by atoms with Crippen molar-refractivity contribution in [3.05, 3.63) is 59.9 Å². The summed E-state index contributed by atoms with van der Waals surface area (Å²) in [6.07, 6.45) is 1.67. The fraction of sp³-hybridized carbons (Fsp3) is 0.481. The number of ether oxygens (including phenoxy) is 1. The zero-order chi connectivity index (χ0) is 26.8. The van der Waals surface area contributed by atoms with Crippen molar-refractivity contribution in [1.82, 2.24) is 20.1 Å². The molecule has 0 atom stereocenters. The summed E-state index contributed by atoms with van der Waals surface area (Å²) in [5, 5.41) is 3.06. The molecule has 1 aromatic heterocycles. The van der Waals surface area contributed by atoms with Gasteiger partial charge in [0.2, 0.25) is 5.91 Å². The normalized spacial score (nSPS) is 19.2. The lowest BCUT2D eigenvalue weighted by molar-refractivity contribution is -0.274. The molecule has 0 bridgehead atoms. The van der Waals surface area contributed by atoms with Crippen LogP contribution >= 0.6 is 0 Å². The Bertz CT molecular complexity index is 1190. The van der Waals surface area contributed by atoms with Crippen molar-refractivity contribution in [2.45, 2.75) is 44.0 Å². The van der Waals surface area contributed by atoms with Crippen molar-refractivity contribution in [3.63, 3.8) is 0 Å². The maximum atomic E-state index is 13.0. The number of carbonyl (C=O) groups excluding carboxylic acids is 2. The molecule has 1 aromatic carbocycles. The topological polar surface area (TPSA) is 87.1 Å². The summed E-state index contributed by atoms with van der Waals surface area (Å²) in [7, 11) is 0. The fourth-order valence-corrected chi connectivity index (χ4v) is 4.59. The molecule has 3 fully saturated rings. The fourth-order valence-electron chi connectivity index (χ4n) is 4.59. The van der Waals surface area contributed by atoms with Crippen LogP contribution in [-0.4, -0.2) is 77.1 Å². The lowest BCUT2D eigenvalue weighted by atomic mass is 10.1. The first-order valence-corrected chi connectivity index (χ1v) is 12.9. The first-order valence-electron chi connectivity index (χ1n) is 12.9. The third-order valence-electron chi connectivity index (χ3n) is 7.08. The number of piperazine rings is 1. The molecule has 202 valence electrons. The van der Waals surface area contributed by atoms with Gasteiger partial charge >= 0.3 is 6.36 Å². The van der Waals surface area contributed by atoms with Gasteiger partial charge in [0.05, 0.1) is 0 Å². The van der Waals surface area contributed by atoms with Gasteiger partial charge in [-0.3, -0.25) is 14.6 Å². The Kier molecular flexibility index (Phi) is 7.27. The molecule has 38 heavy (non-hydrogen) atoms. The van der Waals surface area contributed by atoms with Crippen molar-refractivity contribution < 1.29 is 27.5 Å². The van der Waals surface area contributed by atoms with Gasteiger partial charge in [0.15, 0.2) is 5.84 Å². The molecule has 0 radical (unpaired) electrons. The molecule has 2 aliphatic carbocycles. The number of nitrogens with one attached hydrogen (secondary N) is 1. The van der Waals surface area contributed by atoms with Gasteiger partial charge in [-0.05, 0) is 55.5 Å². The number of halogens is 3. The van der Waals surface area contributed by atoms with Crippen LogP contribution in [0.15, 0.2) is 53.7 Å². The Labute approximate surface area is 218 Å². The molecule has 2 amide bonds. The molecule has 2 heterocycles. The number of pyridine rings is 1. The highest BCUT2D eigenvalue weighted by Gasteiger charge is 2.51. The van der Waals surface area contributed by atoms with Crippen LogP contribution in [0.3, 0.4) is 0 Å². The standard InChI is InChI=1S/C27H30F3N5O3/c28-27(29,30)38-21-5-3-4-20(18-21)24(36)35-16-14-34(15-17-35)23(22-6-1-2-12-31-22)33-26(10-11-26)25(37)32-13-9-19-7-8-19/h1-6,12,18-19H,7-11,13-17H2,(H,32,37). The molecular weight excluding hydrogens is 499 g/mol. The predicted octanol–water partition coefficient (Wildman–Crippen LogP) is 3.63. The number of amides is 2. The molecule has 11 heteroatoms. The van der Waals surface area contributed by atoms with E-state index in [1.54, 1.807) is 11.1 Å². The number of benzene rings is 1. The zero-order valence-electron chi connectivity index (χ0n) is 20.9. The number of nitrogens with zero attached hydrogens (tertiary/aromatic N) is 4.